The summed E-state index contributed by atoms with van der Waals surface area (Å²) < 4.78 is 0. The molecule has 2 heteroatoms. The summed E-state index contributed by atoms with van der Waals surface area (Å²) in [4.78, 5) is 4.94. The highest BCUT2D eigenvalue weighted by Gasteiger charge is 2.38. The Morgan fingerprint density at radius 3 is 1.00 bits per heavy atom. The molecule has 0 aliphatic heterocycles. The maximum Gasteiger partial charge on any atom is 0.0468 e. The summed E-state index contributed by atoms with van der Waals surface area (Å²) in [6, 6.07) is 155. The smallest absolute Gasteiger partial charge is 0.0468 e. The van der Waals surface area contributed by atoms with Crippen LogP contribution in [0.3, 0.4) is 0 Å². The van der Waals surface area contributed by atoms with Crippen molar-refractivity contribution >= 4 is 120 Å². The molecule has 2 nitrogen and oxygen atoms in total. The molecule has 0 saturated carbocycles. The molecular formula is C116H80N2. The maximum absolute atomic E-state index is 2.48. The summed E-state index contributed by atoms with van der Waals surface area (Å²) in [5, 5.41) is 20.1. The molecule has 0 bridgehead atoms. The second-order valence-corrected chi connectivity index (χ2v) is 33.4. The summed E-state index contributed by atoms with van der Waals surface area (Å²) in [5.41, 5.74) is 30.9. The summed E-state index contributed by atoms with van der Waals surface area (Å²) in [6.07, 6.45) is 0. The monoisotopic (exact) mass is 1500 g/mol. The second-order valence-electron chi connectivity index (χ2n) is 33.4. The quantitative estimate of drug-likeness (QED) is 0.113. The van der Waals surface area contributed by atoms with Crippen molar-refractivity contribution in [3.05, 3.63) is 435 Å². The number of hydrogen-bond acceptors (Lipinski definition) is 2. The molecule has 0 amide bonds. The molecule has 0 unspecified atom stereocenters. The van der Waals surface area contributed by atoms with Crippen LogP contribution in [0.5, 0.6) is 0 Å². The van der Waals surface area contributed by atoms with Crippen molar-refractivity contribution in [2.45, 2.75) is 38.5 Å². The maximum atomic E-state index is 2.48. The first-order chi connectivity index (χ1) is 58.0. The fourth-order valence-electron chi connectivity index (χ4n) is 20.3. The van der Waals surface area contributed by atoms with Crippen LogP contribution in [0.15, 0.2) is 413 Å². The standard InChI is InChI=1S/C116H80N2/c1-115(2)111-46-16-15-43-105(111)107-61-56-90(72-113(107)115)118(88-54-60-104-100-40-10-8-36-96(100)98-38-12-14-42-102(98)110(104)70-88)87-33-20-28-78(67-87)76-26-18-30-83(64-76)93-45-22-31-84-65-79(49-57-94(84)93)81-51-59-106-108-62-55-89(71-114(108)116(3,4)112(106)69-81)117(86-32-19-27-77(66-86)75-25-17-29-82(63-75)92-44-21-24-74-23-5-6-34-91(74)92)85-52-47-73(48-53-85)80-50-58-103-99-39-9-7-35-95(99)97-37-11-13-41-101(97)109(103)68-80/h5-72H,1-4H3. The Labute approximate surface area is 687 Å². The molecule has 554 valence electrons. The largest absolute Gasteiger partial charge is 0.310 e. The van der Waals surface area contributed by atoms with Crippen LogP contribution in [0.25, 0.3) is 175 Å². The van der Waals surface area contributed by atoms with Gasteiger partial charge in [-0.05, 0) is 301 Å². The van der Waals surface area contributed by atoms with Crippen LogP contribution in [0.4, 0.5) is 34.1 Å². The minimum Gasteiger partial charge on any atom is -0.310 e. The number of benzene rings is 21. The van der Waals surface area contributed by atoms with Crippen LogP contribution in [0.2, 0.25) is 0 Å². The molecule has 2 aliphatic carbocycles. The lowest BCUT2D eigenvalue weighted by molar-refractivity contribution is 0.660. The van der Waals surface area contributed by atoms with Gasteiger partial charge in [0.1, 0.15) is 0 Å². The van der Waals surface area contributed by atoms with E-state index in [2.05, 4.69) is 450 Å². The number of nitrogens with zero attached hydrogens (tertiary/aromatic N) is 2. The van der Waals surface area contributed by atoms with Gasteiger partial charge in [-0.1, -0.05) is 337 Å². The third kappa shape index (κ3) is 11.1. The van der Waals surface area contributed by atoms with Crippen molar-refractivity contribution in [1.29, 1.82) is 0 Å². The van der Waals surface area contributed by atoms with Crippen LogP contribution in [0, 0.1) is 0 Å². The summed E-state index contributed by atoms with van der Waals surface area (Å²) in [5.74, 6) is 0. The normalized spacial score (nSPS) is 13.1. The average Bonchev–Trinajstić information content (AvgIpc) is 1.52. The molecule has 23 rings (SSSR count). The topological polar surface area (TPSA) is 6.48 Å². The fourth-order valence-corrected chi connectivity index (χ4v) is 20.3. The first kappa shape index (κ1) is 68.9. The minimum absolute atomic E-state index is 0.168. The average molecular weight is 1500 g/mol. The number of anilines is 6. The van der Waals surface area contributed by atoms with Gasteiger partial charge in [0.15, 0.2) is 0 Å². The molecule has 0 heterocycles. The number of fused-ring (bicyclic) bond motifs is 20. The van der Waals surface area contributed by atoms with Crippen molar-refractivity contribution in [3.8, 4) is 89.0 Å². The lowest BCUT2D eigenvalue weighted by atomic mass is 9.81. The Balaban J connectivity index is 0.575. The molecule has 0 radical (unpaired) electrons. The van der Waals surface area contributed by atoms with Crippen LogP contribution >= 0.6 is 0 Å². The Bertz CT molecular complexity index is 7690. The van der Waals surface area contributed by atoms with Gasteiger partial charge in [0, 0.05) is 45.0 Å². The molecule has 2 aliphatic rings. The van der Waals surface area contributed by atoms with Crippen molar-refractivity contribution < 1.29 is 0 Å². The highest BCUT2D eigenvalue weighted by molar-refractivity contribution is 6.27. The van der Waals surface area contributed by atoms with E-state index in [0.29, 0.717) is 0 Å². The van der Waals surface area contributed by atoms with E-state index in [1.165, 1.54) is 181 Å². The van der Waals surface area contributed by atoms with E-state index in [0.717, 1.165) is 50.8 Å². The van der Waals surface area contributed by atoms with E-state index < -0.39 is 0 Å². The third-order valence-electron chi connectivity index (χ3n) is 26.2. The van der Waals surface area contributed by atoms with Crippen molar-refractivity contribution in [2.75, 3.05) is 9.80 Å². The third-order valence-corrected chi connectivity index (χ3v) is 26.2. The van der Waals surface area contributed by atoms with E-state index in [-0.39, 0.29) is 10.8 Å². The summed E-state index contributed by atoms with van der Waals surface area (Å²) >= 11 is 0. The molecule has 0 aromatic heterocycles. The molecule has 0 atom stereocenters. The van der Waals surface area contributed by atoms with Crippen molar-refractivity contribution in [1.82, 2.24) is 0 Å². The molecule has 0 N–H and O–H groups in total. The molecule has 118 heavy (non-hydrogen) atoms. The molecule has 21 aromatic rings. The SMILES string of the molecule is CC1(C)c2ccccc2-c2ccc(N(c3cccc(-c4cccc(-c5cccc6cc(-c7ccc8c(c7)C(C)(C)c7cc(N(c9ccc(-c%10ccc%11c%12ccccc%12c%12ccccc%12c%11c%10)cc9)c9cccc(-c%10cccc(-c%11cccc%12ccccc%11%12)c%10)c9)ccc7-8)ccc56)c4)c3)c3ccc4c5ccccc5c5ccccc5c4c3)cc21. The van der Waals surface area contributed by atoms with Crippen LogP contribution in [0.1, 0.15) is 49.9 Å². The van der Waals surface area contributed by atoms with E-state index in [1.54, 1.807) is 0 Å². The van der Waals surface area contributed by atoms with Gasteiger partial charge in [0.05, 0.1) is 0 Å². The zero-order chi connectivity index (χ0) is 78.5. The van der Waals surface area contributed by atoms with Gasteiger partial charge in [-0.25, -0.2) is 0 Å². The predicted octanol–water partition coefficient (Wildman–Crippen LogP) is 32.5. The number of rotatable bonds is 12. The Morgan fingerprint density at radius 2 is 0.441 bits per heavy atom. The minimum atomic E-state index is -0.317. The van der Waals surface area contributed by atoms with Gasteiger partial charge in [-0.3, -0.25) is 0 Å². The highest BCUT2D eigenvalue weighted by atomic mass is 15.1. The highest BCUT2D eigenvalue weighted by Crippen LogP contribution is 2.55. The number of hydrogen-bond donors (Lipinski definition) is 0. The Morgan fingerprint density at radius 1 is 0.144 bits per heavy atom. The van der Waals surface area contributed by atoms with Gasteiger partial charge in [0.25, 0.3) is 0 Å². The van der Waals surface area contributed by atoms with Crippen molar-refractivity contribution in [3.63, 3.8) is 0 Å². The lowest BCUT2D eigenvalue weighted by Crippen LogP contribution is -2.16. The second kappa shape index (κ2) is 27.0. The van der Waals surface area contributed by atoms with Gasteiger partial charge in [-0.2, -0.15) is 0 Å². The van der Waals surface area contributed by atoms with Crippen LogP contribution < -0.4 is 9.80 Å². The lowest BCUT2D eigenvalue weighted by Gasteiger charge is -2.29. The zero-order valence-corrected chi connectivity index (χ0v) is 66.2. The van der Waals surface area contributed by atoms with E-state index in [9.17, 15) is 0 Å². The predicted molar refractivity (Wildman–Crippen MR) is 504 cm³/mol. The molecule has 0 fully saturated rings. The van der Waals surface area contributed by atoms with E-state index >= 15 is 0 Å². The van der Waals surface area contributed by atoms with E-state index in [4.69, 9.17) is 0 Å². The van der Waals surface area contributed by atoms with Crippen molar-refractivity contribution in [2.24, 2.45) is 0 Å². The molecular weight excluding hydrogens is 1420 g/mol. The molecule has 0 saturated heterocycles. The zero-order valence-electron chi connectivity index (χ0n) is 66.2. The fraction of sp³-hybridized carbons (Fsp3) is 0.0517. The first-order valence-electron chi connectivity index (χ1n) is 41.3. The first-order valence-corrected chi connectivity index (χ1v) is 41.3. The van der Waals surface area contributed by atoms with Crippen LogP contribution in [-0.2, 0) is 10.8 Å². The van der Waals surface area contributed by atoms with Gasteiger partial charge in [0.2, 0.25) is 0 Å². The van der Waals surface area contributed by atoms with E-state index in [1.807, 2.05) is 0 Å². The summed E-state index contributed by atoms with van der Waals surface area (Å²) in [6.45, 7) is 9.58. The van der Waals surface area contributed by atoms with Gasteiger partial charge in [-0.15, -0.1) is 0 Å². The van der Waals surface area contributed by atoms with Crippen LogP contribution in [-0.4, -0.2) is 0 Å². The Hall–Kier alpha value is -14.7. The molecule has 21 aromatic carbocycles. The molecule has 0 spiro atoms. The summed E-state index contributed by atoms with van der Waals surface area (Å²) in [7, 11) is 0. The van der Waals surface area contributed by atoms with Gasteiger partial charge >= 0.3 is 0 Å². The van der Waals surface area contributed by atoms with Gasteiger partial charge < -0.3 is 9.80 Å². The Kier molecular flexibility index (Phi) is 15.7.